The van der Waals surface area contributed by atoms with Crippen LogP contribution in [0.5, 0.6) is 0 Å². The Morgan fingerprint density at radius 2 is 1.22 bits per heavy atom. The second kappa shape index (κ2) is 7.08. The van der Waals surface area contributed by atoms with Crippen molar-refractivity contribution in [3.05, 3.63) is 84.0 Å². The maximum Gasteiger partial charge on any atom is 0.139 e. The normalized spacial score (nSPS) is 11.2. The van der Waals surface area contributed by atoms with E-state index in [4.69, 9.17) is 0 Å². The Morgan fingerprint density at radius 3 is 1.57 bits per heavy atom. The van der Waals surface area contributed by atoms with Crippen LogP contribution in [0.4, 0.5) is 0 Å². The number of hydrogen-bond acceptors (Lipinski definition) is 0. The van der Waals surface area contributed by atoms with Crippen molar-refractivity contribution in [2.45, 2.75) is 32.1 Å². The Kier molecular flexibility index (Phi) is 5.36. The zero-order valence-corrected chi connectivity index (χ0v) is 14.9. The predicted octanol–water partition coefficient (Wildman–Crippen LogP) is 1.99. The summed E-state index contributed by atoms with van der Waals surface area (Å²) in [5.41, 5.74) is 8.07. The molecule has 2 rings (SSSR count). The Labute approximate surface area is 143 Å². The minimum Gasteiger partial charge on any atom is -0.103 e. The molecule has 0 radical (unpaired) electrons. The summed E-state index contributed by atoms with van der Waals surface area (Å²) in [5, 5.41) is 0. The molecule has 0 aliphatic carbocycles. The molecule has 116 valence electrons. The molecule has 23 heavy (non-hydrogen) atoms. The van der Waals surface area contributed by atoms with Crippen LogP contribution in [0.25, 0.3) is 0 Å². The van der Waals surface area contributed by atoms with E-state index in [1.54, 1.807) is 0 Å². The molecular weight excluding hydrogens is 274 g/mol. The predicted molar refractivity (Wildman–Crippen MR) is 109 cm³/mol. The summed E-state index contributed by atoms with van der Waals surface area (Å²) in [6, 6.07) is 13.6. The van der Waals surface area contributed by atoms with Crippen LogP contribution in [0.15, 0.2) is 61.7 Å². The summed E-state index contributed by atoms with van der Waals surface area (Å²) in [5.74, 6) is 0. The first-order valence-corrected chi connectivity index (χ1v) is 8.32. The molecular formula is C21H26B2. The quantitative estimate of drug-likeness (QED) is 0.565. The van der Waals surface area contributed by atoms with Crippen molar-refractivity contribution in [1.82, 2.24) is 0 Å². The monoisotopic (exact) mass is 300 g/mol. The van der Waals surface area contributed by atoms with E-state index in [2.05, 4.69) is 79.1 Å². The SMILES string of the molecule is Bc1ccc(C(C)(C)c2ccc(B)cc2CC=C)c(CC=C)c1. The summed E-state index contributed by atoms with van der Waals surface area (Å²) in [4.78, 5) is 0. The van der Waals surface area contributed by atoms with Gasteiger partial charge in [0.15, 0.2) is 0 Å². The lowest BCUT2D eigenvalue weighted by Gasteiger charge is -2.31. The van der Waals surface area contributed by atoms with Crippen molar-refractivity contribution in [3.63, 3.8) is 0 Å². The van der Waals surface area contributed by atoms with Crippen molar-refractivity contribution in [2.24, 2.45) is 0 Å². The van der Waals surface area contributed by atoms with Crippen molar-refractivity contribution >= 4 is 26.6 Å². The molecule has 2 heteroatoms. The molecule has 2 aromatic rings. The van der Waals surface area contributed by atoms with E-state index in [9.17, 15) is 0 Å². The highest BCUT2D eigenvalue weighted by atomic mass is 14.3. The summed E-state index contributed by atoms with van der Waals surface area (Å²) in [7, 11) is 4.30. The molecule has 0 atom stereocenters. The zero-order chi connectivity index (χ0) is 17.0. The van der Waals surface area contributed by atoms with Crippen LogP contribution in [0.1, 0.15) is 36.1 Å². The lowest BCUT2D eigenvalue weighted by Crippen LogP contribution is -2.25. The molecule has 0 heterocycles. The van der Waals surface area contributed by atoms with Crippen molar-refractivity contribution in [2.75, 3.05) is 0 Å². The first-order chi connectivity index (χ1) is 10.9. The number of allylic oxidation sites excluding steroid dienone is 2. The lowest BCUT2D eigenvalue weighted by molar-refractivity contribution is 0.628. The van der Waals surface area contributed by atoms with Gasteiger partial charge in [0.05, 0.1) is 0 Å². The molecule has 0 saturated heterocycles. The Morgan fingerprint density at radius 1 is 0.826 bits per heavy atom. The van der Waals surface area contributed by atoms with Crippen LogP contribution >= 0.6 is 0 Å². The van der Waals surface area contributed by atoms with Crippen molar-refractivity contribution in [3.8, 4) is 0 Å². The highest BCUT2D eigenvalue weighted by Gasteiger charge is 2.27. The molecule has 0 spiro atoms. The molecule has 0 aliphatic rings. The van der Waals surface area contributed by atoms with Gasteiger partial charge in [0.25, 0.3) is 0 Å². The lowest BCUT2D eigenvalue weighted by atomic mass is 9.71. The third-order valence-corrected chi connectivity index (χ3v) is 4.60. The Balaban J connectivity index is 2.62. The molecule has 0 unspecified atom stereocenters. The summed E-state index contributed by atoms with van der Waals surface area (Å²) in [6.07, 6.45) is 5.80. The standard InChI is InChI=1S/C21H26B2/c1-5-7-15-13-17(22)9-11-19(15)21(3,4)20-12-10-18(23)14-16(20)8-6-2/h5-6,9-14H,1-2,7-8,22-23H2,3-4H3. The Hall–Kier alpha value is -1.95. The third-order valence-electron chi connectivity index (χ3n) is 4.60. The first-order valence-electron chi connectivity index (χ1n) is 8.32. The van der Waals surface area contributed by atoms with E-state index in [0.29, 0.717) is 0 Å². The number of hydrogen-bond donors (Lipinski definition) is 0. The summed E-state index contributed by atoms with van der Waals surface area (Å²) >= 11 is 0. The summed E-state index contributed by atoms with van der Waals surface area (Å²) in [6.45, 7) is 12.5. The van der Waals surface area contributed by atoms with Crippen molar-refractivity contribution in [1.29, 1.82) is 0 Å². The largest absolute Gasteiger partial charge is 0.139 e. The second-order valence-corrected chi connectivity index (χ2v) is 6.93. The van der Waals surface area contributed by atoms with E-state index in [1.165, 1.54) is 33.2 Å². The first kappa shape index (κ1) is 17.4. The van der Waals surface area contributed by atoms with Gasteiger partial charge in [0.2, 0.25) is 0 Å². The number of benzene rings is 2. The zero-order valence-electron chi connectivity index (χ0n) is 14.9. The fourth-order valence-corrected chi connectivity index (χ4v) is 3.46. The molecule has 0 amide bonds. The Bertz CT molecular complexity index is 665. The summed E-state index contributed by atoms with van der Waals surface area (Å²) < 4.78 is 0. The molecule has 0 nitrogen and oxygen atoms in total. The average molecular weight is 300 g/mol. The van der Waals surface area contributed by atoms with Gasteiger partial charge in [-0.2, -0.15) is 0 Å². The topological polar surface area (TPSA) is 0 Å². The highest BCUT2D eigenvalue weighted by molar-refractivity contribution is 6.32. The van der Waals surface area contributed by atoms with E-state index in [-0.39, 0.29) is 5.41 Å². The number of rotatable bonds is 6. The molecule has 0 aromatic heterocycles. The van der Waals surface area contributed by atoms with E-state index in [0.717, 1.165) is 12.8 Å². The van der Waals surface area contributed by atoms with E-state index < -0.39 is 0 Å². The van der Waals surface area contributed by atoms with Crippen LogP contribution in [0, 0.1) is 0 Å². The molecule has 0 aliphatic heterocycles. The van der Waals surface area contributed by atoms with Gasteiger partial charge in [-0.25, -0.2) is 0 Å². The maximum atomic E-state index is 3.93. The highest BCUT2D eigenvalue weighted by Crippen LogP contribution is 2.35. The van der Waals surface area contributed by atoms with Gasteiger partial charge >= 0.3 is 0 Å². The van der Waals surface area contributed by atoms with Gasteiger partial charge in [-0.1, -0.05) is 73.3 Å². The third kappa shape index (κ3) is 3.69. The van der Waals surface area contributed by atoms with Gasteiger partial charge in [0.1, 0.15) is 15.7 Å². The fourth-order valence-electron chi connectivity index (χ4n) is 3.46. The molecule has 0 fully saturated rings. The fraction of sp³-hybridized carbons (Fsp3) is 0.238. The maximum absolute atomic E-state index is 3.93. The van der Waals surface area contributed by atoms with E-state index in [1.807, 2.05) is 12.2 Å². The van der Waals surface area contributed by atoms with Gasteiger partial charge in [-0.15, -0.1) is 13.2 Å². The van der Waals surface area contributed by atoms with E-state index >= 15 is 0 Å². The molecule has 0 saturated carbocycles. The molecule has 0 N–H and O–H groups in total. The van der Waals surface area contributed by atoms with Gasteiger partial charge in [0, 0.05) is 5.41 Å². The molecule has 2 aromatic carbocycles. The van der Waals surface area contributed by atoms with Crippen LogP contribution in [0.2, 0.25) is 0 Å². The second-order valence-electron chi connectivity index (χ2n) is 6.93. The molecule has 0 bridgehead atoms. The minimum atomic E-state index is -0.0436. The van der Waals surface area contributed by atoms with Gasteiger partial charge < -0.3 is 0 Å². The van der Waals surface area contributed by atoms with Gasteiger partial charge in [-0.05, 0) is 35.1 Å². The van der Waals surface area contributed by atoms with Crippen LogP contribution < -0.4 is 10.9 Å². The minimum absolute atomic E-state index is 0.0436. The smallest absolute Gasteiger partial charge is 0.103 e. The van der Waals surface area contributed by atoms with Crippen LogP contribution in [-0.4, -0.2) is 15.7 Å². The van der Waals surface area contributed by atoms with Crippen molar-refractivity contribution < 1.29 is 0 Å². The van der Waals surface area contributed by atoms with Crippen LogP contribution in [0.3, 0.4) is 0 Å². The van der Waals surface area contributed by atoms with Gasteiger partial charge in [-0.3, -0.25) is 0 Å². The van der Waals surface area contributed by atoms with Crippen LogP contribution in [-0.2, 0) is 18.3 Å². The average Bonchev–Trinajstić information content (AvgIpc) is 2.47.